The van der Waals surface area contributed by atoms with Crippen molar-refractivity contribution in [2.75, 3.05) is 11.9 Å². The molecule has 1 aromatic rings. The Bertz CT molecular complexity index is 402. The third-order valence-electron chi connectivity index (χ3n) is 2.68. The maximum absolute atomic E-state index is 11.1. The van der Waals surface area contributed by atoms with E-state index < -0.39 is 5.97 Å². The zero-order valence-corrected chi connectivity index (χ0v) is 9.99. The van der Waals surface area contributed by atoms with E-state index in [0.717, 1.165) is 18.5 Å². The summed E-state index contributed by atoms with van der Waals surface area (Å²) in [5, 5.41) is 9.14. The monoisotopic (exact) mass is 269 g/mol. The van der Waals surface area contributed by atoms with Gasteiger partial charge in [0.1, 0.15) is 0 Å². The largest absolute Gasteiger partial charge is 0.478 e. The van der Waals surface area contributed by atoms with Crippen molar-refractivity contribution in [3.63, 3.8) is 0 Å². The predicted octanol–water partition coefficient (Wildman–Crippen LogP) is 2.75. The van der Waals surface area contributed by atoms with E-state index in [0.29, 0.717) is 16.1 Å². The van der Waals surface area contributed by atoms with Gasteiger partial charge in [-0.2, -0.15) is 0 Å². The van der Waals surface area contributed by atoms with Crippen molar-refractivity contribution in [2.45, 2.75) is 18.9 Å². The molecule has 4 heteroatoms. The van der Waals surface area contributed by atoms with Gasteiger partial charge in [0.2, 0.25) is 0 Å². The van der Waals surface area contributed by atoms with Crippen molar-refractivity contribution in [2.24, 2.45) is 0 Å². The minimum absolute atomic E-state index is 0.354. The molecular weight excluding hydrogens is 258 g/mol. The highest BCUT2D eigenvalue weighted by Gasteiger charge is 2.29. The lowest BCUT2D eigenvalue weighted by atomic mass is 10.1. The standard InChI is InChI=1S/C11H12BrNO2/c1-13(7-5-6-7)9-4-2-3-8(12)10(9)11(14)15/h2-4,7H,5-6H2,1H3,(H,14,15). The summed E-state index contributed by atoms with van der Waals surface area (Å²) in [6.45, 7) is 0. The smallest absolute Gasteiger partial charge is 0.338 e. The van der Waals surface area contributed by atoms with E-state index >= 15 is 0 Å². The van der Waals surface area contributed by atoms with Gasteiger partial charge in [0.25, 0.3) is 0 Å². The molecule has 80 valence electrons. The number of anilines is 1. The summed E-state index contributed by atoms with van der Waals surface area (Å²) in [4.78, 5) is 13.2. The van der Waals surface area contributed by atoms with Crippen LogP contribution in [0.2, 0.25) is 0 Å². The average Bonchev–Trinajstić information content (AvgIpc) is 2.98. The van der Waals surface area contributed by atoms with Crippen molar-refractivity contribution >= 4 is 27.6 Å². The van der Waals surface area contributed by atoms with Gasteiger partial charge in [-0.15, -0.1) is 0 Å². The molecule has 15 heavy (non-hydrogen) atoms. The van der Waals surface area contributed by atoms with Crippen molar-refractivity contribution in [1.29, 1.82) is 0 Å². The lowest BCUT2D eigenvalue weighted by Gasteiger charge is -2.21. The number of hydrogen-bond acceptors (Lipinski definition) is 2. The molecule has 3 nitrogen and oxygen atoms in total. The van der Waals surface area contributed by atoms with Gasteiger partial charge in [0, 0.05) is 17.6 Å². The van der Waals surface area contributed by atoms with Crippen molar-refractivity contribution in [1.82, 2.24) is 0 Å². The number of hydrogen-bond donors (Lipinski definition) is 1. The van der Waals surface area contributed by atoms with Crippen LogP contribution in [-0.2, 0) is 0 Å². The van der Waals surface area contributed by atoms with E-state index in [9.17, 15) is 4.79 Å². The molecule has 0 saturated heterocycles. The zero-order chi connectivity index (χ0) is 11.0. The minimum atomic E-state index is -0.884. The summed E-state index contributed by atoms with van der Waals surface area (Å²) in [6.07, 6.45) is 2.31. The topological polar surface area (TPSA) is 40.5 Å². The molecule has 1 N–H and O–H groups in total. The van der Waals surface area contributed by atoms with Crippen LogP contribution in [0.3, 0.4) is 0 Å². The first-order valence-corrected chi connectivity index (χ1v) is 5.65. The summed E-state index contributed by atoms with van der Waals surface area (Å²) in [5.74, 6) is -0.884. The molecule has 1 aliphatic rings. The first kappa shape index (κ1) is 10.5. The Hall–Kier alpha value is -1.03. The highest BCUT2D eigenvalue weighted by atomic mass is 79.9. The number of carboxylic acids is 1. The van der Waals surface area contributed by atoms with Crippen LogP contribution in [0.1, 0.15) is 23.2 Å². The number of halogens is 1. The molecule has 0 radical (unpaired) electrons. The van der Waals surface area contributed by atoms with Gasteiger partial charge < -0.3 is 10.0 Å². The highest BCUT2D eigenvalue weighted by Crippen LogP contribution is 2.34. The molecule has 1 aliphatic carbocycles. The number of carbonyl (C=O) groups is 1. The summed E-state index contributed by atoms with van der Waals surface area (Å²) in [5.41, 5.74) is 1.14. The van der Waals surface area contributed by atoms with Crippen LogP contribution in [-0.4, -0.2) is 24.2 Å². The number of carboxylic acid groups (broad SMARTS) is 1. The first-order valence-electron chi connectivity index (χ1n) is 4.86. The fourth-order valence-corrected chi connectivity index (χ4v) is 2.20. The van der Waals surface area contributed by atoms with Crippen LogP contribution in [0.4, 0.5) is 5.69 Å². The molecule has 0 aromatic heterocycles. The molecule has 0 heterocycles. The van der Waals surface area contributed by atoms with E-state index in [1.54, 1.807) is 6.07 Å². The Morgan fingerprint density at radius 3 is 2.73 bits per heavy atom. The summed E-state index contributed by atoms with van der Waals surface area (Å²) in [6, 6.07) is 5.99. The van der Waals surface area contributed by atoms with Crippen LogP contribution in [0, 0.1) is 0 Å². The summed E-state index contributed by atoms with van der Waals surface area (Å²) < 4.78 is 0.639. The second-order valence-electron chi connectivity index (χ2n) is 3.78. The normalized spacial score (nSPS) is 15.1. The van der Waals surface area contributed by atoms with Gasteiger partial charge in [-0.3, -0.25) is 0 Å². The Morgan fingerprint density at radius 1 is 1.53 bits per heavy atom. The van der Waals surface area contributed by atoms with Crippen LogP contribution in [0.5, 0.6) is 0 Å². The van der Waals surface area contributed by atoms with Crippen molar-refractivity contribution in [3.8, 4) is 0 Å². The number of aromatic carboxylic acids is 1. The molecular formula is C11H12BrNO2. The fraction of sp³-hybridized carbons (Fsp3) is 0.364. The second kappa shape index (κ2) is 3.85. The molecule has 0 amide bonds. The van der Waals surface area contributed by atoms with Gasteiger partial charge in [0.05, 0.1) is 11.3 Å². The molecule has 0 aliphatic heterocycles. The number of benzene rings is 1. The maximum Gasteiger partial charge on any atom is 0.338 e. The molecule has 1 saturated carbocycles. The van der Waals surface area contributed by atoms with Crippen molar-refractivity contribution < 1.29 is 9.90 Å². The minimum Gasteiger partial charge on any atom is -0.478 e. The van der Waals surface area contributed by atoms with Crippen LogP contribution >= 0.6 is 15.9 Å². The summed E-state index contributed by atoms with van der Waals surface area (Å²) in [7, 11) is 1.95. The SMILES string of the molecule is CN(c1cccc(Br)c1C(=O)O)C1CC1. The van der Waals surface area contributed by atoms with E-state index in [2.05, 4.69) is 15.9 Å². The second-order valence-corrected chi connectivity index (χ2v) is 4.64. The molecule has 0 atom stereocenters. The molecule has 2 rings (SSSR count). The van der Waals surface area contributed by atoms with E-state index in [4.69, 9.17) is 5.11 Å². The maximum atomic E-state index is 11.1. The zero-order valence-electron chi connectivity index (χ0n) is 8.40. The third-order valence-corrected chi connectivity index (χ3v) is 3.34. The first-order chi connectivity index (χ1) is 7.11. The average molecular weight is 270 g/mol. The number of rotatable bonds is 3. The summed E-state index contributed by atoms with van der Waals surface area (Å²) >= 11 is 3.28. The van der Waals surface area contributed by atoms with Crippen molar-refractivity contribution in [3.05, 3.63) is 28.2 Å². The van der Waals surface area contributed by atoms with E-state index in [-0.39, 0.29) is 0 Å². The lowest BCUT2D eigenvalue weighted by Crippen LogP contribution is -2.22. The van der Waals surface area contributed by atoms with Crippen LogP contribution in [0.15, 0.2) is 22.7 Å². The Kier molecular flexibility index (Phi) is 2.69. The predicted molar refractivity (Wildman–Crippen MR) is 62.5 cm³/mol. The fourth-order valence-electron chi connectivity index (χ4n) is 1.68. The van der Waals surface area contributed by atoms with E-state index in [1.807, 2.05) is 24.1 Å². The molecule has 1 aromatic carbocycles. The lowest BCUT2D eigenvalue weighted by molar-refractivity contribution is 0.0696. The highest BCUT2D eigenvalue weighted by molar-refractivity contribution is 9.10. The molecule has 0 spiro atoms. The number of nitrogens with zero attached hydrogens (tertiary/aromatic N) is 1. The van der Waals surface area contributed by atoms with Gasteiger partial charge in [-0.05, 0) is 40.9 Å². The Labute approximate surface area is 96.8 Å². The van der Waals surface area contributed by atoms with Crippen LogP contribution < -0.4 is 4.90 Å². The molecule has 0 bridgehead atoms. The third kappa shape index (κ3) is 2.00. The van der Waals surface area contributed by atoms with Gasteiger partial charge in [-0.1, -0.05) is 6.07 Å². The quantitative estimate of drug-likeness (QED) is 0.918. The van der Waals surface area contributed by atoms with E-state index in [1.165, 1.54) is 0 Å². The van der Waals surface area contributed by atoms with Crippen LogP contribution in [0.25, 0.3) is 0 Å². The Balaban J connectivity index is 2.44. The van der Waals surface area contributed by atoms with Gasteiger partial charge in [-0.25, -0.2) is 4.79 Å². The Morgan fingerprint density at radius 2 is 2.20 bits per heavy atom. The van der Waals surface area contributed by atoms with Gasteiger partial charge >= 0.3 is 5.97 Å². The molecule has 0 unspecified atom stereocenters. The van der Waals surface area contributed by atoms with Gasteiger partial charge in [0.15, 0.2) is 0 Å². The molecule has 1 fully saturated rings.